The summed E-state index contributed by atoms with van der Waals surface area (Å²) in [4.78, 5) is 0. The van der Waals surface area contributed by atoms with Crippen LogP contribution in [0.1, 0.15) is 17.0 Å². The molecule has 0 aliphatic carbocycles. The molecule has 1 unspecified atom stereocenters. The first kappa shape index (κ1) is 12.2. The maximum Gasteiger partial charge on any atom is 0.0406 e. The SMILES string of the molecule is CNCC(c1ccccc1)c1ccc(Cl)cc1. The van der Waals surface area contributed by atoms with Crippen molar-refractivity contribution in [2.75, 3.05) is 13.6 Å². The van der Waals surface area contributed by atoms with Crippen LogP contribution in [0.5, 0.6) is 0 Å². The van der Waals surface area contributed by atoms with Crippen LogP contribution in [0.25, 0.3) is 0 Å². The van der Waals surface area contributed by atoms with E-state index in [9.17, 15) is 0 Å². The van der Waals surface area contributed by atoms with Crippen LogP contribution in [-0.4, -0.2) is 13.6 Å². The summed E-state index contributed by atoms with van der Waals surface area (Å²) >= 11 is 5.92. The number of likely N-dealkylation sites (N-methyl/N-ethyl adjacent to an activating group) is 1. The van der Waals surface area contributed by atoms with E-state index >= 15 is 0 Å². The average Bonchev–Trinajstić information content (AvgIpc) is 2.38. The van der Waals surface area contributed by atoms with Gasteiger partial charge in [0.05, 0.1) is 0 Å². The third-order valence-electron chi connectivity index (χ3n) is 2.88. The van der Waals surface area contributed by atoms with Crippen molar-refractivity contribution in [3.05, 3.63) is 70.7 Å². The molecule has 0 aliphatic heterocycles. The molecule has 2 heteroatoms. The second kappa shape index (κ2) is 5.85. The first-order chi connectivity index (χ1) is 8.31. The first-order valence-electron chi connectivity index (χ1n) is 5.76. The van der Waals surface area contributed by atoms with Crippen molar-refractivity contribution in [2.24, 2.45) is 0 Å². The zero-order valence-corrected chi connectivity index (χ0v) is 10.6. The quantitative estimate of drug-likeness (QED) is 0.866. The molecule has 0 saturated carbocycles. The molecule has 0 aromatic heterocycles. The van der Waals surface area contributed by atoms with Gasteiger partial charge in [0.15, 0.2) is 0 Å². The Hall–Kier alpha value is -1.31. The zero-order chi connectivity index (χ0) is 12.1. The Balaban J connectivity index is 2.32. The van der Waals surface area contributed by atoms with Crippen molar-refractivity contribution in [1.82, 2.24) is 5.32 Å². The monoisotopic (exact) mass is 245 g/mol. The zero-order valence-electron chi connectivity index (χ0n) is 9.86. The highest BCUT2D eigenvalue weighted by Crippen LogP contribution is 2.25. The van der Waals surface area contributed by atoms with Gasteiger partial charge < -0.3 is 5.32 Å². The fourth-order valence-electron chi connectivity index (χ4n) is 2.01. The molecule has 0 heterocycles. The maximum absolute atomic E-state index is 5.92. The summed E-state index contributed by atoms with van der Waals surface area (Å²) in [6, 6.07) is 18.6. The van der Waals surface area contributed by atoms with Crippen LogP contribution in [-0.2, 0) is 0 Å². The van der Waals surface area contributed by atoms with Crippen molar-refractivity contribution < 1.29 is 0 Å². The Morgan fingerprint density at radius 3 is 2.12 bits per heavy atom. The van der Waals surface area contributed by atoms with Crippen molar-refractivity contribution in [3.8, 4) is 0 Å². The lowest BCUT2D eigenvalue weighted by Gasteiger charge is -2.17. The van der Waals surface area contributed by atoms with E-state index in [0.29, 0.717) is 5.92 Å². The van der Waals surface area contributed by atoms with Crippen molar-refractivity contribution >= 4 is 11.6 Å². The minimum atomic E-state index is 0.374. The van der Waals surface area contributed by atoms with E-state index in [-0.39, 0.29) is 0 Å². The number of halogens is 1. The minimum absolute atomic E-state index is 0.374. The van der Waals surface area contributed by atoms with E-state index in [0.717, 1.165) is 11.6 Å². The normalized spacial score (nSPS) is 12.4. The van der Waals surface area contributed by atoms with Crippen molar-refractivity contribution in [2.45, 2.75) is 5.92 Å². The minimum Gasteiger partial charge on any atom is -0.319 e. The fourth-order valence-corrected chi connectivity index (χ4v) is 2.14. The van der Waals surface area contributed by atoms with Gasteiger partial charge in [0.25, 0.3) is 0 Å². The molecule has 88 valence electrons. The lowest BCUT2D eigenvalue weighted by molar-refractivity contribution is 0.708. The molecule has 0 fully saturated rings. The molecule has 1 nitrogen and oxygen atoms in total. The second-order valence-corrected chi connectivity index (χ2v) is 4.51. The van der Waals surface area contributed by atoms with Gasteiger partial charge in [0.2, 0.25) is 0 Å². The number of hydrogen-bond acceptors (Lipinski definition) is 1. The molecule has 0 saturated heterocycles. The molecule has 0 aliphatic rings. The van der Waals surface area contributed by atoms with Crippen molar-refractivity contribution in [3.63, 3.8) is 0 Å². The fraction of sp³-hybridized carbons (Fsp3) is 0.200. The van der Waals surface area contributed by atoms with Crippen LogP contribution in [0.15, 0.2) is 54.6 Å². The van der Waals surface area contributed by atoms with Gasteiger partial charge in [-0.3, -0.25) is 0 Å². The molecule has 0 bridgehead atoms. The van der Waals surface area contributed by atoms with Gasteiger partial charge in [-0.1, -0.05) is 54.1 Å². The van der Waals surface area contributed by atoms with Gasteiger partial charge in [-0.25, -0.2) is 0 Å². The molecule has 2 aromatic rings. The molecule has 17 heavy (non-hydrogen) atoms. The number of hydrogen-bond donors (Lipinski definition) is 1. The highest BCUT2D eigenvalue weighted by Gasteiger charge is 2.12. The summed E-state index contributed by atoms with van der Waals surface area (Å²) in [7, 11) is 1.98. The second-order valence-electron chi connectivity index (χ2n) is 4.07. The van der Waals surface area contributed by atoms with E-state index in [2.05, 4.69) is 41.7 Å². The summed E-state index contributed by atoms with van der Waals surface area (Å²) in [5.74, 6) is 0.374. The third kappa shape index (κ3) is 3.09. The Morgan fingerprint density at radius 1 is 0.941 bits per heavy atom. The van der Waals surface area contributed by atoms with E-state index in [1.54, 1.807) is 0 Å². The number of benzene rings is 2. The molecular formula is C15H16ClN. The van der Waals surface area contributed by atoms with Crippen LogP contribution in [0, 0.1) is 0 Å². The van der Waals surface area contributed by atoms with Crippen molar-refractivity contribution in [1.29, 1.82) is 0 Å². The van der Waals surface area contributed by atoms with Gasteiger partial charge in [-0.05, 0) is 30.3 Å². The van der Waals surface area contributed by atoms with E-state index in [1.165, 1.54) is 11.1 Å². The van der Waals surface area contributed by atoms with Crippen LogP contribution in [0.2, 0.25) is 5.02 Å². The Morgan fingerprint density at radius 2 is 1.53 bits per heavy atom. The lowest BCUT2D eigenvalue weighted by Crippen LogP contribution is -2.18. The molecule has 2 aromatic carbocycles. The van der Waals surface area contributed by atoms with Crippen LogP contribution < -0.4 is 5.32 Å². The predicted molar refractivity (Wildman–Crippen MR) is 73.7 cm³/mol. The van der Waals surface area contributed by atoms with E-state index in [1.807, 2.05) is 25.2 Å². The standard InChI is InChI=1S/C15H16ClN/c1-17-11-15(12-5-3-2-4-6-12)13-7-9-14(16)10-8-13/h2-10,15,17H,11H2,1H3. The van der Waals surface area contributed by atoms with Gasteiger partial charge in [-0.2, -0.15) is 0 Å². The first-order valence-corrected chi connectivity index (χ1v) is 6.14. The maximum atomic E-state index is 5.92. The van der Waals surface area contributed by atoms with Gasteiger partial charge in [0, 0.05) is 17.5 Å². The van der Waals surface area contributed by atoms with Crippen LogP contribution >= 0.6 is 11.6 Å². The highest BCUT2D eigenvalue weighted by atomic mass is 35.5. The topological polar surface area (TPSA) is 12.0 Å². The van der Waals surface area contributed by atoms with E-state index in [4.69, 9.17) is 11.6 Å². The number of rotatable bonds is 4. The molecule has 1 N–H and O–H groups in total. The predicted octanol–water partition coefficient (Wildman–Crippen LogP) is 3.69. The Bertz CT molecular complexity index is 450. The van der Waals surface area contributed by atoms with Crippen LogP contribution in [0.4, 0.5) is 0 Å². The summed E-state index contributed by atoms with van der Waals surface area (Å²) < 4.78 is 0. The highest BCUT2D eigenvalue weighted by molar-refractivity contribution is 6.30. The van der Waals surface area contributed by atoms with Gasteiger partial charge >= 0.3 is 0 Å². The largest absolute Gasteiger partial charge is 0.319 e. The molecule has 0 amide bonds. The summed E-state index contributed by atoms with van der Waals surface area (Å²) in [6.07, 6.45) is 0. The molecule has 0 radical (unpaired) electrons. The molecule has 2 rings (SSSR count). The summed E-state index contributed by atoms with van der Waals surface area (Å²) in [5, 5.41) is 4.03. The smallest absolute Gasteiger partial charge is 0.0406 e. The summed E-state index contributed by atoms with van der Waals surface area (Å²) in [6.45, 7) is 0.922. The van der Waals surface area contributed by atoms with E-state index < -0.39 is 0 Å². The molecular weight excluding hydrogens is 230 g/mol. The Labute approximate surface area is 107 Å². The molecule has 0 spiro atoms. The average molecular weight is 246 g/mol. The van der Waals surface area contributed by atoms with Gasteiger partial charge in [-0.15, -0.1) is 0 Å². The number of nitrogens with one attached hydrogen (secondary N) is 1. The lowest BCUT2D eigenvalue weighted by atomic mass is 9.91. The summed E-state index contributed by atoms with van der Waals surface area (Å²) in [5.41, 5.74) is 2.61. The van der Waals surface area contributed by atoms with Crippen LogP contribution in [0.3, 0.4) is 0 Å². The Kier molecular flexibility index (Phi) is 4.18. The molecule has 1 atom stereocenters. The van der Waals surface area contributed by atoms with Gasteiger partial charge in [0.1, 0.15) is 0 Å². The third-order valence-corrected chi connectivity index (χ3v) is 3.13.